The second-order valence-electron chi connectivity index (χ2n) is 5.90. The fraction of sp³-hybridized carbons (Fsp3) is 0.857. The van der Waals surface area contributed by atoms with Crippen LogP contribution in [0.5, 0.6) is 0 Å². The van der Waals surface area contributed by atoms with E-state index in [4.69, 9.17) is 9.84 Å². The van der Waals surface area contributed by atoms with E-state index in [-0.39, 0.29) is 30.0 Å². The average molecular weight is 269 g/mol. The topological polar surface area (TPSA) is 66.8 Å². The van der Waals surface area contributed by atoms with E-state index in [2.05, 4.69) is 0 Å². The number of nitrogens with zero attached hydrogens (tertiary/aromatic N) is 1. The summed E-state index contributed by atoms with van der Waals surface area (Å²) in [5.41, 5.74) is 0. The number of hydrogen-bond acceptors (Lipinski definition) is 3. The molecule has 1 aliphatic heterocycles. The lowest BCUT2D eigenvalue weighted by molar-refractivity contribution is -0.151. The molecule has 1 amide bonds. The van der Waals surface area contributed by atoms with Gasteiger partial charge in [0, 0.05) is 19.0 Å². The molecule has 0 bridgehead atoms. The van der Waals surface area contributed by atoms with Crippen LogP contribution in [0.1, 0.15) is 39.5 Å². The number of morpholine rings is 1. The molecule has 108 valence electrons. The number of carbonyl (C=O) groups excluding carboxylic acids is 1. The number of carboxylic acids is 1. The Bertz CT molecular complexity index is 347. The van der Waals surface area contributed by atoms with Crippen molar-refractivity contribution < 1.29 is 19.4 Å². The third-order valence-electron chi connectivity index (χ3n) is 4.10. The van der Waals surface area contributed by atoms with Crippen LogP contribution in [-0.2, 0) is 14.3 Å². The van der Waals surface area contributed by atoms with E-state index in [9.17, 15) is 9.59 Å². The lowest BCUT2D eigenvalue weighted by Crippen LogP contribution is -2.50. The van der Waals surface area contributed by atoms with Crippen LogP contribution in [0.2, 0.25) is 0 Å². The van der Waals surface area contributed by atoms with Crippen molar-refractivity contribution >= 4 is 11.9 Å². The lowest BCUT2D eigenvalue weighted by Gasteiger charge is -2.38. The first-order chi connectivity index (χ1) is 8.97. The maximum atomic E-state index is 12.5. The van der Waals surface area contributed by atoms with Crippen molar-refractivity contribution in [3.8, 4) is 0 Å². The molecule has 0 radical (unpaired) electrons. The largest absolute Gasteiger partial charge is 0.481 e. The van der Waals surface area contributed by atoms with Crippen molar-refractivity contribution in [2.45, 2.75) is 51.7 Å². The minimum absolute atomic E-state index is 0.0616. The molecule has 5 nitrogen and oxygen atoms in total. The van der Waals surface area contributed by atoms with Gasteiger partial charge in [-0.25, -0.2) is 0 Å². The Balaban J connectivity index is 1.96. The van der Waals surface area contributed by atoms with Crippen molar-refractivity contribution in [2.75, 3.05) is 13.1 Å². The zero-order valence-corrected chi connectivity index (χ0v) is 11.7. The highest BCUT2D eigenvalue weighted by atomic mass is 16.5. The van der Waals surface area contributed by atoms with Crippen LogP contribution in [0, 0.1) is 11.8 Å². The number of carbonyl (C=O) groups is 2. The van der Waals surface area contributed by atoms with Gasteiger partial charge in [-0.3, -0.25) is 9.59 Å². The Morgan fingerprint density at radius 2 is 1.68 bits per heavy atom. The van der Waals surface area contributed by atoms with E-state index in [1.165, 1.54) is 0 Å². The highest BCUT2D eigenvalue weighted by Gasteiger charge is 2.35. The molecule has 19 heavy (non-hydrogen) atoms. The second kappa shape index (κ2) is 5.90. The SMILES string of the molecule is C[C@@H]1CN(C(=O)[C@@H]2CCC[C@H](C(=O)O)C2)C[C@H](C)O1. The number of amides is 1. The first-order valence-corrected chi connectivity index (χ1v) is 7.14. The van der Waals surface area contributed by atoms with Crippen LogP contribution in [0.25, 0.3) is 0 Å². The monoisotopic (exact) mass is 269 g/mol. The Kier molecular flexibility index (Phi) is 4.45. The van der Waals surface area contributed by atoms with Gasteiger partial charge in [-0.1, -0.05) is 6.42 Å². The van der Waals surface area contributed by atoms with Crippen molar-refractivity contribution in [1.29, 1.82) is 0 Å². The van der Waals surface area contributed by atoms with Crippen LogP contribution in [0.3, 0.4) is 0 Å². The zero-order chi connectivity index (χ0) is 14.0. The molecule has 0 spiro atoms. The van der Waals surface area contributed by atoms with E-state index < -0.39 is 5.97 Å². The Morgan fingerprint density at radius 3 is 2.26 bits per heavy atom. The predicted molar refractivity (Wildman–Crippen MR) is 69.7 cm³/mol. The van der Waals surface area contributed by atoms with Crippen LogP contribution in [0.4, 0.5) is 0 Å². The fourth-order valence-corrected chi connectivity index (χ4v) is 3.25. The molecular formula is C14H23NO4. The van der Waals surface area contributed by atoms with Gasteiger partial charge < -0.3 is 14.7 Å². The summed E-state index contributed by atoms with van der Waals surface area (Å²) in [6, 6.07) is 0. The summed E-state index contributed by atoms with van der Waals surface area (Å²) < 4.78 is 5.63. The predicted octanol–water partition coefficient (Wildman–Crippen LogP) is 1.51. The van der Waals surface area contributed by atoms with Gasteiger partial charge in [-0.15, -0.1) is 0 Å². The highest BCUT2D eigenvalue weighted by Crippen LogP contribution is 2.31. The third-order valence-corrected chi connectivity index (χ3v) is 4.10. The molecule has 1 aliphatic carbocycles. The van der Waals surface area contributed by atoms with Gasteiger partial charge in [-0.05, 0) is 33.1 Å². The summed E-state index contributed by atoms with van der Waals surface area (Å²) in [6.07, 6.45) is 2.98. The number of rotatable bonds is 2. The highest BCUT2D eigenvalue weighted by molar-refractivity contribution is 5.80. The third kappa shape index (κ3) is 3.47. The maximum absolute atomic E-state index is 12.5. The molecule has 1 heterocycles. The molecule has 0 aromatic carbocycles. The van der Waals surface area contributed by atoms with E-state index in [0.29, 0.717) is 25.9 Å². The molecule has 0 unspecified atom stereocenters. The van der Waals surface area contributed by atoms with Gasteiger partial charge in [-0.2, -0.15) is 0 Å². The maximum Gasteiger partial charge on any atom is 0.306 e. The normalized spacial score (nSPS) is 36.0. The van der Waals surface area contributed by atoms with E-state index in [0.717, 1.165) is 12.8 Å². The number of aliphatic carboxylic acids is 1. The summed E-state index contributed by atoms with van der Waals surface area (Å²) in [5, 5.41) is 9.09. The van der Waals surface area contributed by atoms with E-state index in [1.54, 1.807) is 0 Å². The van der Waals surface area contributed by atoms with Crippen LogP contribution in [-0.4, -0.2) is 47.2 Å². The quantitative estimate of drug-likeness (QED) is 0.825. The smallest absolute Gasteiger partial charge is 0.306 e. The molecule has 5 heteroatoms. The molecule has 1 N–H and O–H groups in total. The molecule has 0 aromatic heterocycles. The molecule has 2 fully saturated rings. The average Bonchev–Trinajstić information content (AvgIpc) is 2.37. The molecule has 1 saturated carbocycles. The van der Waals surface area contributed by atoms with Crippen molar-refractivity contribution in [3.05, 3.63) is 0 Å². The first-order valence-electron chi connectivity index (χ1n) is 7.14. The minimum Gasteiger partial charge on any atom is -0.481 e. The van der Waals surface area contributed by atoms with Crippen molar-refractivity contribution in [1.82, 2.24) is 4.90 Å². The molecular weight excluding hydrogens is 246 g/mol. The van der Waals surface area contributed by atoms with Crippen LogP contribution in [0.15, 0.2) is 0 Å². The lowest BCUT2D eigenvalue weighted by atomic mass is 9.80. The van der Waals surface area contributed by atoms with Gasteiger partial charge in [0.05, 0.1) is 18.1 Å². The van der Waals surface area contributed by atoms with Crippen molar-refractivity contribution in [2.24, 2.45) is 11.8 Å². The van der Waals surface area contributed by atoms with Gasteiger partial charge in [0.15, 0.2) is 0 Å². The number of hydrogen-bond donors (Lipinski definition) is 1. The van der Waals surface area contributed by atoms with Gasteiger partial charge in [0.1, 0.15) is 0 Å². The summed E-state index contributed by atoms with van der Waals surface area (Å²) >= 11 is 0. The van der Waals surface area contributed by atoms with Crippen molar-refractivity contribution in [3.63, 3.8) is 0 Å². The van der Waals surface area contributed by atoms with Gasteiger partial charge >= 0.3 is 5.97 Å². The van der Waals surface area contributed by atoms with Crippen LogP contribution < -0.4 is 0 Å². The summed E-state index contributed by atoms with van der Waals surface area (Å²) in [7, 11) is 0. The zero-order valence-electron chi connectivity index (χ0n) is 11.7. The summed E-state index contributed by atoms with van der Waals surface area (Å²) in [6.45, 7) is 5.18. The fourth-order valence-electron chi connectivity index (χ4n) is 3.25. The minimum atomic E-state index is -0.763. The molecule has 4 atom stereocenters. The molecule has 2 rings (SSSR count). The Hall–Kier alpha value is -1.10. The standard InChI is InChI=1S/C14H23NO4/c1-9-7-15(8-10(2)19-9)13(16)11-4-3-5-12(6-11)14(17)18/h9-12H,3-8H2,1-2H3,(H,17,18)/t9-,10+,11-,12+/m1/s1. The Morgan fingerprint density at radius 1 is 1.11 bits per heavy atom. The molecule has 2 aliphatic rings. The van der Waals surface area contributed by atoms with E-state index >= 15 is 0 Å². The number of carboxylic acid groups (broad SMARTS) is 1. The summed E-state index contributed by atoms with van der Waals surface area (Å²) in [5.74, 6) is -1.11. The first kappa shape index (κ1) is 14.3. The molecule has 1 saturated heterocycles. The number of ether oxygens (including phenoxy) is 1. The second-order valence-corrected chi connectivity index (χ2v) is 5.90. The van der Waals surface area contributed by atoms with Crippen LogP contribution >= 0.6 is 0 Å². The summed E-state index contributed by atoms with van der Waals surface area (Å²) in [4.78, 5) is 25.4. The van der Waals surface area contributed by atoms with E-state index in [1.807, 2.05) is 18.7 Å². The Labute approximate surface area is 113 Å². The molecule has 0 aromatic rings. The van der Waals surface area contributed by atoms with Gasteiger partial charge in [0.2, 0.25) is 5.91 Å². The van der Waals surface area contributed by atoms with Gasteiger partial charge in [0.25, 0.3) is 0 Å².